The van der Waals surface area contributed by atoms with Gasteiger partial charge in [0.1, 0.15) is 5.78 Å². The van der Waals surface area contributed by atoms with Gasteiger partial charge in [-0.25, -0.2) is 0 Å². The van der Waals surface area contributed by atoms with Crippen LogP contribution in [0.4, 0.5) is 0 Å². The van der Waals surface area contributed by atoms with Crippen molar-refractivity contribution in [1.29, 1.82) is 0 Å². The van der Waals surface area contributed by atoms with Crippen LogP contribution in [0.15, 0.2) is 12.1 Å². The maximum atomic E-state index is 11.2. The second-order valence-electron chi connectivity index (χ2n) is 3.24. The van der Waals surface area contributed by atoms with Gasteiger partial charge in [-0.3, -0.25) is 4.79 Å². The second-order valence-corrected chi connectivity index (χ2v) is 4.89. The van der Waals surface area contributed by atoms with E-state index < -0.39 is 0 Å². The largest absolute Gasteiger partial charge is 0.299 e. The fraction of sp³-hybridized carbons (Fsp3) is 0.300. The predicted octanol–water partition coefficient (Wildman–Crippen LogP) is 3.00. The minimum atomic E-state index is 0.301. The smallest absolute Gasteiger partial charge is 0.137 e. The molecule has 1 aromatic carbocycles. The molecule has 0 radical (unpaired) electrons. The van der Waals surface area contributed by atoms with Gasteiger partial charge in [0.25, 0.3) is 0 Å². The highest BCUT2D eigenvalue weighted by Gasteiger charge is 2.18. The summed E-state index contributed by atoms with van der Waals surface area (Å²) in [4.78, 5) is 11.2. The molecule has 0 amide bonds. The lowest BCUT2D eigenvalue weighted by Gasteiger charge is -2.16. The third-order valence-electron chi connectivity index (χ3n) is 2.30. The Morgan fingerprint density at radius 1 is 1.31 bits per heavy atom. The van der Waals surface area contributed by atoms with Gasteiger partial charge in [-0.05, 0) is 52.3 Å². The Morgan fingerprint density at radius 2 is 2.08 bits per heavy atom. The SMILES string of the molecule is O=C1CCc2cc(I)cc(Cl)c2C1. The van der Waals surface area contributed by atoms with E-state index in [-0.39, 0.29) is 0 Å². The van der Waals surface area contributed by atoms with Crippen LogP contribution in [0.5, 0.6) is 0 Å². The maximum absolute atomic E-state index is 11.2. The highest BCUT2D eigenvalue weighted by atomic mass is 127. The Labute approximate surface area is 95.6 Å². The van der Waals surface area contributed by atoms with Gasteiger partial charge >= 0.3 is 0 Å². The zero-order valence-corrected chi connectivity index (χ0v) is 9.85. The molecule has 1 nitrogen and oxygen atoms in total. The number of benzene rings is 1. The molecule has 0 bridgehead atoms. The number of carbonyl (C=O) groups is 1. The normalized spacial score (nSPS) is 15.7. The second kappa shape index (κ2) is 3.58. The molecule has 3 heteroatoms. The van der Waals surface area contributed by atoms with Gasteiger partial charge in [0.2, 0.25) is 0 Å². The molecular weight excluding hydrogens is 298 g/mol. The molecule has 1 aromatic rings. The molecule has 0 spiro atoms. The lowest BCUT2D eigenvalue weighted by atomic mass is 9.91. The zero-order chi connectivity index (χ0) is 9.42. The minimum absolute atomic E-state index is 0.301. The van der Waals surface area contributed by atoms with E-state index in [0.717, 1.165) is 20.6 Å². The molecule has 0 aliphatic heterocycles. The summed E-state index contributed by atoms with van der Waals surface area (Å²) in [6.07, 6.45) is 2.04. The summed E-state index contributed by atoms with van der Waals surface area (Å²) in [5.41, 5.74) is 2.29. The third-order valence-corrected chi connectivity index (χ3v) is 3.26. The Morgan fingerprint density at radius 3 is 2.85 bits per heavy atom. The van der Waals surface area contributed by atoms with E-state index in [1.807, 2.05) is 6.07 Å². The first-order valence-electron chi connectivity index (χ1n) is 4.15. The first-order valence-corrected chi connectivity index (χ1v) is 5.61. The van der Waals surface area contributed by atoms with Crippen LogP contribution < -0.4 is 0 Å². The predicted molar refractivity (Wildman–Crippen MR) is 61.2 cm³/mol. The van der Waals surface area contributed by atoms with Gasteiger partial charge in [0.15, 0.2) is 0 Å². The van der Waals surface area contributed by atoms with E-state index in [1.54, 1.807) is 0 Å². The molecule has 0 saturated heterocycles. The number of Topliss-reactive ketones (excluding diaryl/α,β-unsaturated/α-hetero) is 1. The van der Waals surface area contributed by atoms with E-state index >= 15 is 0 Å². The van der Waals surface area contributed by atoms with Crippen LogP contribution in [0, 0.1) is 3.57 Å². The Hall–Kier alpha value is -0.0900. The number of rotatable bonds is 0. The van der Waals surface area contributed by atoms with Crippen LogP contribution >= 0.6 is 34.2 Å². The molecule has 0 heterocycles. The van der Waals surface area contributed by atoms with E-state index in [4.69, 9.17) is 11.6 Å². The van der Waals surface area contributed by atoms with E-state index in [1.165, 1.54) is 5.56 Å². The number of fused-ring (bicyclic) bond motifs is 1. The lowest BCUT2D eigenvalue weighted by molar-refractivity contribution is -0.118. The summed E-state index contributed by atoms with van der Waals surface area (Å²) in [5, 5.41) is 0.745. The molecule has 2 rings (SSSR count). The highest BCUT2D eigenvalue weighted by molar-refractivity contribution is 14.1. The molecule has 0 saturated carbocycles. The van der Waals surface area contributed by atoms with Crippen molar-refractivity contribution in [2.24, 2.45) is 0 Å². The molecule has 0 N–H and O–H groups in total. The van der Waals surface area contributed by atoms with Crippen LogP contribution in [0.25, 0.3) is 0 Å². The van der Waals surface area contributed by atoms with Crippen LogP contribution in [-0.4, -0.2) is 5.78 Å². The number of hydrogen-bond acceptors (Lipinski definition) is 1. The molecule has 68 valence electrons. The fourth-order valence-corrected chi connectivity index (χ4v) is 2.81. The molecule has 13 heavy (non-hydrogen) atoms. The summed E-state index contributed by atoms with van der Waals surface area (Å²) in [7, 11) is 0. The molecule has 1 aliphatic rings. The molecule has 0 aromatic heterocycles. The first-order chi connectivity index (χ1) is 6.16. The van der Waals surface area contributed by atoms with Crippen LogP contribution in [-0.2, 0) is 17.6 Å². The standard InChI is InChI=1S/C10H8ClIO/c11-10-4-7(12)3-6-1-2-8(13)5-9(6)10/h3-4H,1-2,5H2. The molecule has 0 unspecified atom stereocenters. The summed E-state index contributed by atoms with van der Waals surface area (Å²) >= 11 is 8.30. The maximum Gasteiger partial charge on any atom is 0.137 e. The van der Waals surface area contributed by atoms with E-state index in [2.05, 4.69) is 28.7 Å². The topological polar surface area (TPSA) is 17.1 Å². The number of carbonyl (C=O) groups excluding carboxylic acids is 1. The van der Waals surface area contributed by atoms with Crippen molar-refractivity contribution in [2.45, 2.75) is 19.3 Å². The average Bonchev–Trinajstić information content (AvgIpc) is 2.06. The van der Waals surface area contributed by atoms with Gasteiger partial charge < -0.3 is 0 Å². The number of aryl methyl sites for hydroxylation is 1. The average molecular weight is 307 g/mol. The van der Waals surface area contributed by atoms with Crippen molar-refractivity contribution in [2.75, 3.05) is 0 Å². The van der Waals surface area contributed by atoms with Crippen LogP contribution in [0.1, 0.15) is 17.5 Å². The summed E-state index contributed by atoms with van der Waals surface area (Å²) in [5.74, 6) is 0.301. The van der Waals surface area contributed by atoms with E-state index in [0.29, 0.717) is 18.6 Å². The zero-order valence-electron chi connectivity index (χ0n) is 6.94. The van der Waals surface area contributed by atoms with Gasteiger partial charge in [0, 0.05) is 21.4 Å². The molecule has 0 atom stereocenters. The van der Waals surface area contributed by atoms with Crippen molar-refractivity contribution in [3.63, 3.8) is 0 Å². The Bertz CT molecular complexity index is 373. The first kappa shape index (κ1) is 9.46. The monoisotopic (exact) mass is 306 g/mol. The van der Waals surface area contributed by atoms with Gasteiger partial charge in [-0.1, -0.05) is 11.6 Å². The van der Waals surface area contributed by atoms with Crippen molar-refractivity contribution in [3.05, 3.63) is 31.9 Å². The van der Waals surface area contributed by atoms with Crippen molar-refractivity contribution in [1.82, 2.24) is 0 Å². The number of hydrogen-bond donors (Lipinski definition) is 0. The summed E-state index contributed by atoms with van der Waals surface area (Å²) in [6.45, 7) is 0. The Balaban J connectivity index is 2.53. The van der Waals surface area contributed by atoms with Crippen molar-refractivity contribution >= 4 is 40.0 Å². The summed E-state index contributed by atoms with van der Waals surface area (Å²) in [6, 6.07) is 4.04. The van der Waals surface area contributed by atoms with E-state index in [9.17, 15) is 4.79 Å². The number of ketones is 1. The van der Waals surface area contributed by atoms with Gasteiger partial charge in [-0.2, -0.15) is 0 Å². The number of halogens is 2. The molecular formula is C10H8ClIO. The van der Waals surface area contributed by atoms with Crippen molar-refractivity contribution < 1.29 is 4.79 Å². The van der Waals surface area contributed by atoms with Gasteiger partial charge in [-0.15, -0.1) is 0 Å². The fourth-order valence-electron chi connectivity index (χ4n) is 1.64. The highest BCUT2D eigenvalue weighted by Crippen LogP contribution is 2.28. The molecule has 0 fully saturated rings. The quantitative estimate of drug-likeness (QED) is 0.674. The lowest BCUT2D eigenvalue weighted by Crippen LogP contribution is -2.13. The third kappa shape index (κ3) is 1.89. The van der Waals surface area contributed by atoms with Gasteiger partial charge in [0.05, 0.1) is 0 Å². The summed E-state index contributed by atoms with van der Waals surface area (Å²) < 4.78 is 1.15. The van der Waals surface area contributed by atoms with Crippen LogP contribution in [0.3, 0.4) is 0 Å². The molecule has 1 aliphatic carbocycles. The Kier molecular flexibility index (Phi) is 2.60. The van der Waals surface area contributed by atoms with Crippen molar-refractivity contribution in [3.8, 4) is 0 Å². The van der Waals surface area contributed by atoms with Crippen LogP contribution in [0.2, 0.25) is 5.02 Å². The minimum Gasteiger partial charge on any atom is -0.299 e.